The van der Waals surface area contributed by atoms with Gasteiger partial charge in [-0.25, -0.2) is 4.79 Å². The lowest BCUT2D eigenvalue weighted by Gasteiger charge is -2.18. The minimum Gasteiger partial charge on any atom is -0.468 e. The van der Waals surface area contributed by atoms with Crippen LogP contribution in [-0.4, -0.2) is 42.3 Å². The van der Waals surface area contributed by atoms with Crippen LogP contribution in [0, 0.1) is 5.92 Å². The van der Waals surface area contributed by atoms with E-state index < -0.39 is 24.0 Å². The predicted molar refractivity (Wildman–Crippen MR) is 82.7 cm³/mol. The molecule has 0 fully saturated rings. The summed E-state index contributed by atoms with van der Waals surface area (Å²) in [6.45, 7) is 0.485. The lowest BCUT2D eigenvalue weighted by Crippen LogP contribution is -2.32. The number of benzene rings is 1. The van der Waals surface area contributed by atoms with E-state index in [1.807, 2.05) is 30.3 Å². The van der Waals surface area contributed by atoms with Crippen molar-refractivity contribution in [2.75, 3.05) is 14.2 Å². The quantitative estimate of drug-likeness (QED) is 0.842. The first-order valence-electron chi connectivity index (χ1n) is 7.10. The lowest BCUT2D eigenvalue weighted by molar-refractivity contribution is -0.147. The van der Waals surface area contributed by atoms with Crippen LogP contribution in [0.3, 0.4) is 0 Å². The molecule has 1 aliphatic heterocycles. The summed E-state index contributed by atoms with van der Waals surface area (Å²) in [6.07, 6.45) is 3.33. The molecule has 0 aromatic heterocycles. The largest absolute Gasteiger partial charge is 0.468 e. The van der Waals surface area contributed by atoms with Crippen molar-refractivity contribution in [2.24, 2.45) is 5.92 Å². The van der Waals surface area contributed by atoms with E-state index in [9.17, 15) is 14.7 Å². The van der Waals surface area contributed by atoms with Crippen molar-refractivity contribution in [1.82, 2.24) is 4.90 Å². The van der Waals surface area contributed by atoms with E-state index >= 15 is 0 Å². The summed E-state index contributed by atoms with van der Waals surface area (Å²) in [5.74, 6) is -2.27. The SMILES string of the molecule is COC(=O)C1=CN(Cc2ccccc2)C=C[C@H](C(=O)OC)[C@@H]1O. The molecular weight excluding hydrogens is 298 g/mol. The molecule has 0 spiro atoms. The number of methoxy groups -OCH3 is 2. The topological polar surface area (TPSA) is 76.1 Å². The molecule has 0 amide bonds. The van der Waals surface area contributed by atoms with Gasteiger partial charge >= 0.3 is 11.9 Å². The molecule has 1 N–H and O–H groups in total. The maximum atomic E-state index is 11.9. The Balaban J connectivity index is 2.33. The summed E-state index contributed by atoms with van der Waals surface area (Å²) >= 11 is 0. The van der Waals surface area contributed by atoms with Gasteiger partial charge in [0, 0.05) is 18.9 Å². The molecular formula is C17H19NO5. The second-order valence-electron chi connectivity index (χ2n) is 5.07. The van der Waals surface area contributed by atoms with Crippen molar-refractivity contribution in [3.8, 4) is 0 Å². The van der Waals surface area contributed by atoms with Gasteiger partial charge in [0.05, 0.1) is 19.8 Å². The van der Waals surface area contributed by atoms with Gasteiger partial charge in [0.1, 0.15) is 12.0 Å². The third-order valence-electron chi connectivity index (χ3n) is 3.55. The highest BCUT2D eigenvalue weighted by Gasteiger charge is 2.34. The molecule has 1 aromatic carbocycles. The molecule has 0 bridgehead atoms. The van der Waals surface area contributed by atoms with Crippen molar-refractivity contribution >= 4 is 11.9 Å². The van der Waals surface area contributed by atoms with E-state index in [-0.39, 0.29) is 5.57 Å². The Morgan fingerprint density at radius 2 is 1.87 bits per heavy atom. The number of carbonyl (C=O) groups excluding carboxylic acids is 2. The summed E-state index contributed by atoms with van der Waals surface area (Å²) < 4.78 is 9.38. The van der Waals surface area contributed by atoms with Gasteiger partial charge in [-0.05, 0) is 5.56 Å². The molecule has 0 saturated carbocycles. The fourth-order valence-corrected chi connectivity index (χ4v) is 2.33. The molecule has 2 atom stereocenters. The minimum absolute atomic E-state index is 0.00355. The summed E-state index contributed by atoms with van der Waals surface area (Å²) in [5.41, 5.74) is 1.02. The molecule has 0 radical (unpaired) electrons. The predicted octanol–water partition coefficient (Wildman–Crippen LogP) is 1.22. The Hall–Kier alpha value is -2.60. The number of rotatable bonds is 4. The summed E-state index contributed by atoms with van der Waals surface area (Å²) in [4.78, 5) is 25.5. The minimum atomic E-state index is -1.33. The number of esters is 2. The maximum Gasteiger partial charge on any atom is 0.337 e. The van der Waals surface area contributed by atoms with Gasteiger partial charge in [0.2, 0.25) is 0 Å². The summed E-state index contributed by atoms with van der Waals surface area (Å²) in [7, 11) is 2.46. The van der Waals surface area contributed by atoms with Crippen LogP contribution in [0.15, 0.2) is 54.4 Å². The zero-order chi connectivity index (χ0) is 16.8. The van der Waals surface area contributed by atoms with Crippen molar-refractivity contribution in [2.45, 2.75) is 12.6 Å². The average molecular weight is 317 g/mol. The number of aliphatic hydroxyl groups is 1. The number of ether oxygens (including phenoxy) is 2. The molecule has 6 nitrogen and oxygen atoms in total. The molecule has 1 heterocycles. The first-order chi connectivity index (χ1) is 11.1. The lowest BCUT2D eigenvalue weighted by atomic mass is 9.97. The van der Waals surface area contributed by atoms with E-state index in [0.717, 1.165) is 5.56 Å². The standard InChI is InChI=1S/C17H19NO5/c1-22-16(20)13-8-9-18(10-12-6-4-3-5-7-12)11-14(15(13)19)17(21)23-2/h3-9,11,13,15,19H,10H2,1-2H3/t13-,15-/m0/s1. The molecule has 2 rings (SSSR count). The van der Waals surface area contributed by atoms with Gasteiger partial charge < -0.3 is 19.5 Å². The van der Waals surface area contributed by atoms with Gasteiger partial charge in [-0.2, -0.15) is 0 Å². The first-order valence-corrected chi connectivity index (χ1v) is 7.10. The van der Waals surface area contributed by atoms with Gasteiger partial charge in [-0.15, -0.1) is 0 Å². The van der Waals surface area contributed by atoms with Crippen LogP contribution < -0.4 is 0 Å². The second kappa shape index (κ2) is 7.60. The Bertz CT molecular complexity index is 623. The van der Waals surface area contributed by atoms with E-state index in [4.69, 9.17) is 4.74 Å². The van der Waals surface area contributed by atoms with Crippen LogP contribution in [-0.2, 0) is 25.6 Å². The summed E-state index contributed by atoms with van der Waals surface area (Å²) in [5, 5.41) is 10.3. The molecule has 23 heavy (non-hydrogen) atoms. The van der Waals surface area contributed by atoms with Gasteiger partial charge in [-0.3, -0.25) is 4.79 Å². The monoisotopic (exact) mass is 317 g/mol. The molecule has 0 unspecified atom stereocenters. The number of nitrogens with zero attached hydrogens (tertiary/aromatic N) is 1. The average Bonchev–Trinajstić information content (AvgIpc) is 2.74. The second-order valence-corrected chi connectivity index (χ2v) is 5.07. The van der Waals surface area contributed by atoms with Crippen molar-refractivity contribution in [1.29, 1.82) is 0 Å². The molecule has 1 aliphatic rings. The van der Waals surface area contributed by atoms with Crippen LogP contribution in [0.5, 0.6) is 0 Å². The van der Waals surface area contributed by atoms with Gasteiger partial charge in [-0.1, -0.05) is 36.4 Å². The Morgan fingerprint density at radius 1 is 1.17 bits per heavy atom. The molecule has 0 aliphatic carbocycles. The fourth-order valence-electron chi connectivity index (χ4n) is 2.33. The van der Waals surface area contributed by atoms with Crippen molar-refractivity contribution in [3.63, 3.8) is 0 Å². The molecule has 1 aromatic rings. The van der Waals surface area contributed by atoms with E-state index in [2.05, 4.69) is 4.74 Å². The third-order valence-corrected chi connectivity index (χ3v) is 3.55. The Kier molecular flexibility index (Phi) is 5.54. The highest BCUT2D eigenvalue weighted by atomic mass is 16.5. The van der Waals surface area contributed by atoms with Crippen LogP contribution >= 0.6 is 0 Å². The zero-order valence-corrected chi connectivity index (χ0v) is 13.0. The highest BCUT2D eigenvalue weighted by molar-refractivity contribution is 5.91. The molecule has 6 heteroatoms. The van der Waals surface area contributed by atoms with E-state index in [1.165, 1.54) is 26.5 Å². The summed E-state index contributed by atoms with van der Waals surface area (Å²) in [6, 6.07) is 9.62. The van der Waals surface area contributed by atoms with Gasteiger partial charge in [0.15, 0.2) is 0 Å². The molecule has 122 valence electrons. The highest BCUT2D eigenvalue weighted by Crippen LogP contribution is 2.23. The van der Waals surface area contributed by atoms with Crippen LogP contribution in [0.25, 0.3) is 0 Å². The molecule has 0 saturated heterocycles. The third kappa shape index (κ3) is 3.98. The van der Waals surface area contributed by atoms with Crippen LogP contribution in [0.1, 0.15) is 5.56 Å². The Labute approximate surface area is 134 Å². The number of aliphatic hydroxyl groups excluding tert-OH is 1. The van der Waals surface area contributed by atoms with E-state index in [1.54, 1.807) is 11.1 Å². The van der Waals surface area contributed by atoms with E-state index in [0.29, 0.717) is 6.54 Å². The zero-order valence-electron chi connectivity index (χ0n) is 13.0. The maximum absolute atomic E-state index is 11.9. The smallest absolute Gasteiger partial charge is 0.337 e. The Morgan fingerprint density at radius 3 is 2.48 bits per heavy atom. The number of carbonyl (C=O) groups is 2. The van der Waals surface area contributed by atoms with Crippen molar-refractivity contribution in [3.05, 3.63) is 59.9 Å². The van der Waals surface area contributed by atoms with Crippen LogP contribution in [0.4, 0.5) is 0 Å². The van der Waals surface area contributed by atoms with Gasteiger partial charge in [0.25, 0.3) is 0 Å². The fraction of sp³-hybridized carbons (Fsp3) is 0.294. The van der Waals surface area contributed by atoms with Crippen molar-refractivity contribution < 1.29 is 24.2 Å². The first kappa shape index (κ1) is 16.8. The number of hydrogen-bond acceptors (Lipinski definition) is 6. The van der Waals surface area contributed by atoms with Crippen LogP contribution in [0.2, 0.25) is 0 Å². The normalized spacial score (nSPS) is 20.5. The number of hydrogen-bond donors (Lipinski definition) is 1.